The Morgan fingerprint density at radius 3 is 2.67 bits per heavy atom. The minimum Gasteiger partial charge on any atom is -0.361 e. The highest BCUT2D eigenvalue weighted by Crippen LogP contribution is 2.18. The topological polar surface area (TPSA) is 53.2 Å². The van der Waals surface area contributed by atoms with Crippen molar-refractivity contribution in [2.24, 2.45) is 5.92 Å². The number of nitrogens with zero attached hydrogens (tertiary/aromatic N) is 1. The van der Waals surface area contributed by atoms with Crippen LogP contribution in [0, 0.1) is 5.92 Å². The first-order valence-corrected chi connectivity index (χ1v) is 9.11. The Morgan fingerprint density at radius 1 is 1.24 bits per heavy atom. The van der Waals surface area contributed by atoms with Gasteiger partial charge >= 0.3 is 0 Å². The second-order valence-corrected chi connectivity index (χ2v) is 7.63. The zero-order valence-corrected chi connectivity index (χ0v) is 13.8. The van der Waals surface area contributed by atoms with Gasteiger partial charge in [0, 0.05) is 24.8 Å². The molecule has 5 heteroatoms. The molecule has 4 nitrogen and oxygen atoms in total. The molecule has 0 radical (unpaired) electrons. The predicted molar refractivity (Wildman–Crippen MR) is 87.6 cm³/mol. The molecular formula is C16H24N2O2S. The van der Waals surface area contributed by atoms with Crippen molar-refractivity contribution in [1.82, 2.24) is 9.29 Å². The molecule has 1 aromatic heterocycles. The van der Waals surface area contributed by atoms with Gasteiger partial charge in [0.25, 0.3) is 0 Å². The van der Waals surface area contributed by atoms with Crippen LogP contribution in [0.3, 0.4) is 0 Å². The van der Waals surface area contributed by atoms with Crippen LogP contribution in [-0.4, -0.2) is 30.0 Å². The summed E-state index contributed by atoms with van der Waals surface area (Å²) >= 11 is 0. The highest BCUT2D eigenvalue weighted by molar-refractivity contribution is 7.89. The molecule has 0 spiro atoms. The molecule has 0 bridgehead atoms. The van der Waals surface area contributed by atoms with Gasteiger partial charge in [0.2, 0.25) is 10.0 Å². The normalized spacial score (nSPS) is 13.9. The summed E-state index contributed by atoms with van der Waals surface area (Å²) in [6, 6.07) is 8.04. The van der Waals surface area contributed by atoms with Crippen LogP contribution in [0.4, 0.5) is 0 Å². The minimum atomic E-state index is -3.20. The lowest BCUT2D eigenvalue weighted by atomic mass is 10.1. The maximum absolute atomic E-state index is 12.5. The summed E-state index contributed by atoms with van der Waals surface area (Å²) in [5.74, 6) is 0.417. The lowest BCUT2D eigenvalue weighted by Crippen LogP contribution is -2.34. The number of fused-ring (bicyclic) bond motifs is 1. The maximum Gasteiger partial charge on any atom is 0.214 e. The first kappa shape index (κ1) is 16.0. The maximum atomic E-state index is 12.5. The van der Waals surface area contributed by atoms with Crippen molar-refractivity contribution in [3.63, 3.8) is 0 Å². The van der Waals surface area contributed by atoms with Gasteiger partial charge in [0.15, 0.2) is 0 Å². The van der Waals surface area contributed by atoms with E-state index in [9.17, 15) is 8.42 Å². The first-order valence-electron chi connectivity index (χ1n) is 7.50. The Labute approximate surface area is 127 Å². The van der Waals surface area contributed by atoms with Crippen LogP contribution >= 0.6 is 0 Å². The summed E-state index contributed by atoms with van der Waals surface area (Å²) < 4.78 is 26.5. The van der Waals surface area contributed by atoms with Crippen molar-refractivity contribution in [1.29, 1.82) is 0 Å². The van der Waals surface area contributed by atoms with Crippen molar-refractivity contribution in [2.45, 2.75) is 33.7 Å². The van der Waals surface area contributed by atoms with E-state index in [1.165, 1.54) is 0 Å². The molecule has 1 aromatic carbocycles. The Balaban J connectivity index is 2.17. The largest absolute Gasteiger partial charge is 0.361 e. The summed E-state index contributed by atoms with van der Waals surface area (Å²) in [4.78, 5) is 3.15. The van der Waals surface area contributed by atoms with Gasteiger partial charge in [-0.1, -0.05) is 33.3 Å². The first-order chi connectivity index (χ1) is 9.96. The lowest BCUT2D eigenvalue weighted by Gasteiger charge is -2.22. The number of aromatic nitrogens is 1. The molecule has 0 aliphatic heterocycles. The van der Waals surface area contributed by atoms with Crippen LogP contribution in [0.15, 0.2) is 30.5 Å². The Morgan fingerprint density at radius 2 is 2.00 bits per heavy atom. The standard InChI is InChI=1S/C16H24N2O2S/c1-4-13(3)12-21(19,20)18(5-2)11-14-6-7-16-15(10-14)8-9-17-16/h6-10,13,17H,4-5,11-12H2,1-3H3. The van der Waals surface area contributed by atoms with Crippen LogP contribution in [0.2, 0.25) is 0 Å². The number of hydrogen-bond donors (Lipinski definition) is 1. The third-order valence-electron chi connectivity index (χ3n) is 3.91. The molecule has 0 saturated carbocycles. The average Bonchev–Trinajstić information content (AvgIpc) is 2.91. The third-order valence-corrected chi connectivity index (χ3v) is 6.08. The van der Waals surface area contributed by atoms with Gasteiger partial charge in [0.1, 0.15) is 0 Å². The van der Waals surface area contributed by atoms with Crippen molar-refractivity contribution >= 4 is 20.9 Å². The fourth-order valence-corrected chi connectivity index (χ4v) is 4.30. The van der Waals surface area contributed by atoms with Crippen LogP contribution in [-0.2, 0) is 16.6 Å². The number of sulfonamides is 1. The zero-order valence-electron chi connectivity index (χ0n) is 13.0. The SMILES string of the molecule is CCC(C)CS(=O)(=O)N(CC)Cc1ccc2[nH]ccc2c1. The van der Waals surface area contributed by atoms with Gasteiger partial charge in [-0.3, -0.25) is 0 Å². The molecule has 1 heterocycles. The van der Waals surface area contributed by atoms with E-state index in [0.717, 1.165) is 22.9 Å². The van der Waals surface area contributed by atoms with E-state index >= 15 is 0 Å². The summed E-state index contributed by atoms with van der Waals surface area (Å²) in [7, 11) is -3.20. The molecule has 0 aliphatic rings. The van der Waals surface area contributed by atoms with Crippen LogP contribution in [0.5, 0.6) is 0 Å². The van der Waals surface area contributed by atoms with Gasteiger partial charge in [-0.15, -0.1) is 0 Å². The molecule has 0 saturated heterocycles. The molecule has 0 amide bonds. The molecule has 1 atom stereocenters. The Kier molecular flexibility index (Phi) is 5.06. The molecule has 116 valence electrons. The fraction of sp³-hybridized carbons (Fsp3) is 0.500. The second kappa shape index (κ2) is 6.62. The number of nitrogens with one attached hydrogen (secondary N) is 1. The Bertz CT molecular complexity index is 691. The summed E-state index contributed by atoms with van der Waals surface area (Å²) in [6.45, 7) is 6.84. The lowest BCUT2D eigenvalue weighted by molar-refractivity contribution is 0.416. The minimum absolute atomic E-state index is 0.191. The summed E-state index contributed by atoms with van der Waals surface area (Å²) in [5.41, 5.74) is 2.10. The number of H-pyrrole nitrogens is 1. The van der Waals surface area contributed by atoms with Crippen molar-refractivity contribution in [2.75, 3.05) is 12.3 Å². The number of aromatic amines is 1. The monoisotopic (exact) mass is 308 g/mol. The van der Waals surface area contributed by atoms with Gasteiger partial charge in [-0.2, -0.15) is 4.31 Å². The quantitative estimate of drug-likeness (QED) is 0.852. The molecule has 21 heavy (non-hydrogen) atoms. The summed E-state index contributed by atoms with van der Waals surface area (Å²) in [6.07, 6.45) is 2.78. The van der Waals surface area contributed by atoms with Gasteiger partial charge in [-0.25, -0.2) is 8.42 Å². The molecule has 2 aromatic rings. The van der Waals surface area contributed by atoms with E-state index in [0.29, 0.717) is 13.1 Å². The van der Waals surface area contributed by atoms with Crippen molar-refractivity contribution < 1.29 is 8.42 Å². The van der Waals surface area contributed by atoms with E-state index in [1.54, 1.807) is 4.31 Å². The number of rotatable bonds is 7. The van der Waals surface area contributed by atoms with E-state index in [2.05, 4.69) is 4.98 Å². The van der Waals surface area contributed by atoms with Gasteiger partial charge < -0.3 is 4.98 Å². The third kappa shape index (κ3) is 3.86. The number of benzene rings is 1. The van der Waals surface area contributed by atoms with E-state index < -0.39 is 10.0 Å². The van der Waals surface area contributed by atoms with Gasteiger partial charge in [-0.05, 0) is 35.1 Å². The molecule has 1 unspecified atom stereocenters. The van der Waals surface area contributed by atoms with E-state index in [4.69, 9.17) is 0 Å². The van der Waals surface area contributed by atoms with Crippen molar-refractivity contribution in [3.05, 3.63) is 36.0 Å². The highest BCUT2D eigenvalue weighted by Gasteiger charge is 2.22. The van der Waals surface area contributed by atoms with Crippen molar-refractivity contribution in [3.8, 4) is 0 Å². The van der Waals surface area contributed by atoms with Gasteiger partial charge in [0.05, 0.1) is 5.75 Å². The van der Waals surface area contributed by atoms with Crippen LogP contribution < -0.4 is 0 Å². The molecule has 1 N–H and O–H groups in total. The average molecular weight is 308 g/mol. The van der Waals surface area contributed by atoms with Crippen LogP contribution in [0.1, 0.15) is 32.8 Å². The fourth-order valence-electron chi connectivity index (χ4n) is 2.39. The van der Waals surface area contributed by atoms with E-state index in [1.807, 2.05) is 51.2 Å². The van der Waals surface area contributed by atoms with Crippen LogP contribution in [0.25, 0.3) is 10.9 Å². The molecular weight excluding hydrogens is 284 g/mol. The zero-order chi connectivity index (χ0) is 15.5. The molecule has 0 fully saturated rings. The number of hydrogen-bond acceptors (Lipinski definition) is 2. The highest BCUT2D eigenvalue weighted by atomic mass is 32.2. The smallest absolute Gasteiger partial charge is 0.214 e. The Hall–Kier alpha value is -1.33. The molecule has 0 aliphatic carbocycles. The predicted octanol–water partition coefficient (Wildman–Crippen LogP) is 3.37. The second-order valence-electron chi connectivity index (χ2n) is 5.62. The molecule has 2 rings (SSSR count). The summed E-state index contributed by atoms with van der Waals surface area (Å²) in [5, 5.41) is 1.11. The van der Waals surface area contributed by atoms with E-state index in [-0.39, 0.29) is 11.7 Å².